The molecule has 2 aliphatic rings. The maximum atomic E-state index is 13.8. The number of fused-ring (bicyclic) bond motifs is 3. The number of para-hydroxylation sites is 2. The van der Waals surface area contributed by atoms with Gasteiger partial charge in [-0.1, -0.05) is 30.3 Å². The molecular formula is C23H25FN4O. The van der Waals surface area contributed by atoms with Gasteiger partial charge in [-0.25, -0.2) is 9.37 Å². The molecule has 2 bridgehead atoms. The van der Waals surface area contributed by atoms with Crippen molar-refractivity contribution in [3.8, 4) is 0 Å². The van der Waals surface area contributed by atoms with Gasteiger partial charge in [0.05, 0.1) is 17.6 Å². The van der Waals surface area contributed by atoms with Crippen molar-refractivity contribution in [3.05, 3.63) is 65.7 Å². The van der Waals surface area contributed by atoms with Crippen LogP contribution >= 0.6 is 0 Å². The molecule has 2 N–H and O–H groups in total. The maximum absolute atomic E-state index is 13.8. The minimum atomic E-state index is -0.270. The predicted molar refractivity (Wildman–Crippen MR) is 109 cm³/mol. The summed E-state index contributed by atoms with van der Waals surface area (Å²) in [5.74, 6) is 0.777. The highest BCUT2D eigenvalue weighted by Gasteiger charge is 2.43. The van der Waals surface area contributed by atoms with Crippen LogP contribution in [0.2, 0.25) is 0 Å². The van der Waals surface area contributed by atoms with Crippen LogP contribution in [0.5, 0.6) is 0 Å². The molecule has 1 unspecified atom stereocenters. The molecule has 1 amide bonds. The van der Waals surface area contributed by atoms with E-state index in [4.69, 9.17) is 4.98 Å². The molecule has 5 nitrogen and oxygen atoms in total. The van der Waals surface area contributed by atoms with Gasteiger partial charge in [-0.15, -0.1) is 0 Å². The minimum Gasteiger partial charge on any atom is -0.352 e. The van der Waals surface area contributed by atoms with E-state index >= 15 is 0 Å². The van der Waals surface area contributed by atoms with Crippen molar-refractivity contribution in [2.24, 2.45) is 5.92 Å². The Kier molecular flexibility index (Phi) is 4.79. The number of H-pyrrole nitrogens is 1. The van der Waals surface area contributed by atoms with Gasteiger partial charge in [0.15, 0.2) is 0 Å². The number of piperidine rings is 1. The number of aromatic amines is 1. The van der Waals surface area contributed by atoms with E-state index in [1.165, 1.54) is 6.07 Å². The van der Waals surface area contributed by atoms with Crippen molar-refractivity contribution in [2.45, 2.75) is 50.9 Å². The molecule has 3 aromatic rings. The Balaban J connectivity index is 1.21. The van der Waals surface area contributed by atoms with Gasteiger partial charge in [0.1, 0.15) is 11.6 Å². The summed E-state index contributed by atoms with van der Waals surface area (Å²) in [7, 11) is 0. The van der Waals surface area contributed by atoms with Gasteiger partial charge in [0.25, 0.3) is 0 Å². The lowest BCUT2D eigenvalue weighted by atomic mass is 9.90. The zero-order valence-corrected chi connectivity index (χ0v) is 16.3. The Labute approximate surface area is 169 Å². The van der Waals surface area contributed by atoms with Gasteiger partial charge >= 0.3 is 0 Å². The van der Waals surface area contributed by atoms with Gasteiger partial charge in [0, 0.05) is 30.1 Å². The lowest BCUT2D eigenvalue weighted by Gasteiger charge is -2.37. The Morgan fingerprint density at radius 3 is 2.59 bits per heavy atom. The van der Waals surface area contributed by atoms with Crippen molar-refractivity contribution in [3.63, 3.8) is 0 Å². The van der Waals surface area contributed by atoms with Gasteiger partial charge in [-0.2, -0.15) is 0 Å². The van der Waals surface area contributed by atoms with Crippen LogP contribution in [0.1, 0.15) is 37.1 Å². The maximum Gasteiger partial charge on any atom is 0.223 e. The Hall–Kier alpha value is -2.73. The van der Waals surface area contributed by atoms with Crippen molar-refractivity contribution in [2.75, 3.05) is 0 Å². The fourth-order valence-electron chi connectivity index (χ4n) is 4.97. The third-order valence-electron chi connectivity index (χ3n) is 6.44. The lowest BCUT2D eigenvalue weighted by molar-refractivity contribution is -0.127. The van der Waals surface area contributed by atoms with E-state index in [-0.39, 0.29) is 24.2 Å². The van der Waals surface area contributed by atoms with E-state index < -0.39 is 0 Å². The average Bonchev–Trinajstić information content (AvgIpc) is 3.23. The van der Waals surface area contributed by atoms with Crippen LogP contribution in [0.15, 0.2) is 48.5 Å². The summed E-state index contributed by atoms with van der Waals surface area (Å²) in [4.78, 5) is 23.4. The highest BCUT2D eigenvalue weighted by molar-refractivity contribution is 5.79. The van der Waals surface area contributed by atoms with Crippen LogP contribution in [-0.4, -0.2) is 32.9 Å². The van der Waals surface area contributed by atoms with Gasteiger partial charge < -0.3 is 10.3 Å². The Bertz CT molecular complexity index is 985. The molecule has 0 aliphatic carbocycles. The largest absolute Gasteiger partial charge is 0.352 e. The second-order valence-electron chi connectivity index (χ2n) is 8.24. The first-order chi connectivity index (χ1) is 14.2. The predicted octanol–water partition coefficient (Wildman–Crippen LogP) is 3.76. The van der Waals surface area contributed by atoms with Gasteiger partial charge in [-0.05, 0) is 43.9 Å². The molecule has 0 radical (unpaired) electrons. The van der Waals surface area contributed by atoms with Crippen molar-refractivity contribution >= 4 is 16.9 Å². The zero-order valence-electron chi connectivity index (χ0n) is 16.3. The first kappa shape index (κ1) is 18.3. The van der Waals surface area contributed by atoms with Crippen molar-refractivity contribution in [1.82, 2.24) is 20.2 Å². The molecule has 3 atom stereocenters. The molecule has 29 heavy (non-hydrogen) atoms. The summed E-state index contributed by atoms with van der Waals surface area (Å²) in [6, 6.07) is 15.5. The zero-order chi connectivity index (χ0) is 19.8. The van der Waals surface area contributed by atoms with Crippen LogP contribution in [0.4, 0.5) is 4.39 Å². The summed E-state index contributed by atoms with van der Waals surface area (Å²) in [5, 5.41) is 2.94. The normalized spacial score (nSPS) is 24.1. The molecule has 0 spiro atoms. The number of nitrogens with one attached hydrogen (secondary N) is 2. The molecule has 0 saturated carbocycles. The topological polar surface area (TPSA) is 61.0 Å². The van der Waals surface area contributed by atoms with Crippen LogP contribution < -0.4 is 5.32 Å². The summed E-state index contributed by atoms with van der Waals surface area (Å²) in [6.45, 7) is 1.05. The molecule has 5 rings (SSSR count). The van der Waals surface area contributed by atoms with Gasteiger partial charge in [-0.3, -0.25) is 9.69 Å². The van der Waals surface area contributed by atoms with Crippen LogP contribution in [0.3, 0.4) is 0 Å². The quantitative estimate of drug-likeness (QED) is 0.695. The molecule has 6 heteroatoms. The fourth-order valence-corrected chi connectivity index (χ4v) is 4.97. The van der Waals surface area contributed by atoms with Crippen molar-refractivity contribution < 1.29 is 9.18 Å². The number of carbonyl (C=O) groups excluding carboxylic acids is 1. The van der Waals surface area contributed by atoms with Crippen LogP contribution in [0, 0.1) is 11.7 Å². The average molecular weight is 392 g/mol. The number of aromatic nitrogens is 2. The van der Waals surface area contributed by atoms with Crippen LogP contribution in [0.25, 0.3) is 11.0 Å². The van der Waals surface area contributed by atoms with E-state index in [0.29, 0.717) is 17.6 Å². The highest BCUT2D eigenvalue weighted by Crippen LogP contribution is 2.39. The molecule has 2 aliphatic heterocycles. The Morgan fingerprint density at radius 2 is 1.83 bits per heavy atom. The molecule has 2 saturated heterocycles. The minimum absolute atomic E-state index is 0.00574. The van der Waals surface area contributed by atoms with E-state index in [1.807, 2.05) is 24.3 Å². The number of nitrogens with zero attached hydrogens (tertiary/aromatic N) is 2. The smallest absolute Gasteiger partial charge is 0.223 e. The summed E-state index contributed by atoms with van der Waals surface area (Å²) >= 11 is 0. The number of halogens is 1. The molecule has 150 valence electrons. The number of benzene rings is 2. The van der Waals surface area contributed by atoms with Gasteiger partial charge in [0.2, 0.25) is 5.91 Å². The first-order valence-electron chi connectivity index (χ1n) is 10.4. The number of hydrogen-bond acceptors (Lipinski definition) is 3. The molecule has 2 fully saturated rings. The molecule has 2 aromatic carbocycles. The second-order valence-corrected chi connectivity index (χ2v) is 8.24. The number of carbonyl (C=O) groups is 1. The second kappa shape index (κ2) is 7.59. The third kappa shape index (κ3) is 3.65. The summed E-state index contributed by atoms with van der Waals surface area (Å²) in [6.07, 6.45) is 3.98. The number of amides is 1. The summed E-state index contributed by atoms with van der Waals surface area (Å²) < 4.78 is 13.8. The Morgan fingerprint density at radius 1 is 1.10 bits per heavy atom. The van der Waals surface area contributed by atoms with Crippen LogP contribution in [-0.2, 0) is 17.9 Å². The van der Waals surface area contributed by atoms with E-state index in [0.717, 1.165) is 49.1 Å². The number of rotatable bonds is 5. The highest BCUT2D eigenvalue weighted by atomic mass is 19.1. The van der Waals surface area contributed by atoms with E-state index in [9.17, 15) is 9.18 Å². The summed E-state index contributed by atoms with van der Waals surface area (Å²) in [5.41, 5.74) is 2.60. The number of imidazole rings is 1. The standard InChI is InChI=1S/C23H25FN4O/c24-19-6-2-1-5-15(19)13-25-23(29)16-11-17-9-10-18(12-16)28(17)14-22-26-20-7-3-4-8-21(20)27-22/h1-8,16-18H,9-14H2,(H,25,29)(H,26,27)/t16?,17-,18+. The monoisotopic (exact) mass is 392 g/mol. The number of hydrogen-bond donors (Lipinski definition) is 2. The van der Waals surface area contributed by atoms with E-state index in [2.05, 4.69) is 15.2 Å². The first-order valence-corrected chi connectivity index (χ1v) is 10.4. The third-order valence-corrected chi connectivity index (χ3v) is 6.44. The van der Waals surface area contributed by atoms with E-state index in [1.54, 1.807) is 18.2 Å². The lowest BCUT2D eigenvalue weighted by Crippen LogP contribution is -2.46. The molecule has 1 aromatic heterocycles. The fraction of sp³-hybridized carbons (Fsp3) is 0.391. The SMILES string of the molecule is O=C(NCc1ccccc1F)C1C[C@H]2CC[C@@H](C1)N2Cc1nc2ccccc2[nH]1. The molecule has 3 heterocycles. The van der Waals surface area contributed by atoms with Crippen molar-refractivity contribution in [1.29, 1.82) is 0 Å². The molecular weight excluding hydrogens is 367 g/mol.